The lowest BCUT2D eigenvalue weighted by Gasteiger charge is -2.22. The lowest BCUT2D eigenvalue weighted by Crippen LogP contribution is -2.26. The standard InChI is InChI=1S/C11H13NO3/c13-11(9-2-1-5-12-8-9)15-10-3-6-14-7-4-10/h1-2,5,8,10H,3-4,6-7H2. The van der Waals surface area contributed by atoms with Crippen LogP contribution in [0.5, 0.6) is 0 Å². The molecule has 0 N–H and O–H groups in total. The van der Waals surface area contributed by atoms with Crippen molar-refractivity contribution in [2.75, 3.05) is 13.2 Å². The van der Waals surface area contributed by atoms with Gasteiger partial charge in [0.2, 0.25) is 0 Å². The highest BCUT2D eigenvalue weighted by Crippen LogP contribution is 2.12. The molecule has 1 aliphatic heterocycles. The number of nitrogens with zero attached hydrogens (tertiary/aromatic N) is 1. The van der Waals surface area contributed by atoms with Gasteiger partial charge < -0.3 is 9.47 Å². The number of carbonyl (C=O) groups excluding carboxylic acids is 1. The van der Waals surface area contributed by atoms with Gasteiger partial charge >= 0.3 is 5.97 Å². The van der Waals surface area contributed by atoms with Gasteiger partial charge in [0.05, 0.1) is 18.8 Å². The van der Waals surface area contributed by atoms with E-state index >= 15 is 0 Å². The van der Waals surface area contributed by atoms with Crippen LogP contribution in [0.4, 0.5) is 0 Å². The first-order chi connectivity index (χ1) is 7.36. The maximum absolute atomic E-state index is 11.6. The van der Waals surface area contributed by atoms with E-state index in [1.165, 1.54) is 6.20 Å². The van der Waals surface area contributed by atoms with Crippen molar-refractivity contribution < 1.29 is 14.3 Å². The Balaban J connectivity index is 1.91. The van der Waals surface area contributed by atoms with Crippen LogP contribution in [0.3, 0.4) is 0 Å². The molecule has 2 heterocycles. The molecule has 0 aliphatic carbocycles. The number of hydrogen-bond donors (Lipinski definition) is 0. The first kappa shape index (κ1) is 10.1. The average Bonchev–Trinajstić information content (AvgIpc) is 2.31. The maximum Gasteiger partial charge on any atom is 0.339 e. The zero-order chi connectivity index (χ0) is 10.5. The maximum atomic E-state index is 11.6. The molecule has 0 aromatic carbocycles. The van der Waals surface area contributed by atoms with Crippen LogP contribution in [-0.2, 0) is 9.47 Å². The molecule has 0 atom stereocenters. The Labute approximate surface area is 88.2 Å². The fourth-order valence-electron chi connectivity index (χ4n) is 1.50. The Morgan fingerprint density at radius 3 is 2.93 bits per heavy atom. The van der Waals surface area contributed by atoms with E-state index in [0.29, 0.717) is 18.8 Å². The van der Waals surface area contributed by atoms with E-state index in [-0.39, 0.29) is 12.1 Å². The van der Waals surface area contributed by atoms with Crippen molar-refractivity contribution in [1.29, 1.82) is 0 Å². The van der Waals surface area contributed by atoms with Gasteiger partial charge in [-0.25, -0.2) is 4.79 Å². The fraction of sp³-hybridized carbons (Fsp3) is 0.455. The second-order valence-corrected chi connectivity index (χ2v) is 3.46. The van der Waals surface area contributed by atoms with Crippen LogP contribution >= 0.6 is 0 Å². The summed E-state index contributed by atoms with van der Waals surface area (Å²) in [6, 6.07) is 3.43. The van der Waals surface area contributed by atoms with Crippen LogP contribution in [0.1, 0.15) is 23.2 Å². The molecule has 1 aromatic heterocycles. The summed E-state index contributed by atoms with van der Waals surface area (Å²) in [6.07, 6.45) is 4.71. The van der Waals surface area contributed by atoms with Crippen LogP contribution in [0, 0.1) is 0 Å². The Kier molecular flexibility index (Phi) is 3.29. The third-order valence-corrected chi connectivity index (χ3v) is 2.34. The Bertz CT molecular complexity index is 320. The number of aromatic nitrogens is 1. The molecule has 0 radical (unpaired) electrons. The van der Waals surface area contributed by atoms with Gasteiger partial charge in [-0.2, -0.15) is 0 Å². The van der Waals surface area contributed by atoms with Crippen molar-refractivity contribution in [3.63, 3.8) is 0 Å². The lowest BCUT2D eigenvalue weighted by atomic mass is 10.1. The number of hydrogen-bond acceptors (Lipinski definition) is 4. The van der Waals surface area contributed by atoms with Gasteiger partial charge in [0.1, 0.15) is 6.10 Å². The van der Waals surface area contributed by atoms with E-state index in [2.05, 4.69) is 4.98 Å². The molecule has 80 valence electrons. The van der Waals surface area contributed by atoms with Crippen LogP contribution in [0.15, 0.2) is 24.5 Å². The van der Waals surface area contributed by atoms with Gasteiger partial charge in [-0.05, 0) is 12.1 Å². The normalized spacial score (nSPS) is 17.3. The van der Waals surface area contributed by atoms with Crippen molar-refractivity contribution in [2.45, 2.75) is 18.9 Å². The van der Waals surface area contributed by atoms with Crippen molar-refractivity contribution >= 4 is 5.97 Å². The second-order valence-electron chi connectivity index (χ2n) is 3.46. The molecule has 0 bridgehead atoms. The average molecular weight is 207 g/mol. The lowest BCUT2D eigenvalue weighted by molar-refractivity contribution is -0.0159. The predicted octanol–water partition coefficient (Wildman–Crippen LogP) is 1.42. The Hall–Kier alpha value is -1.42. The SMILES string of the molecule is O=C(OC1CCOCC1)c1cccnc1. The van der Waals surface area contributed by atoms with Gasteiger partial charge in [-0.1, -0.05) is 0 Å². The summed E-state index contributed by atoms with van der Waals surface area (Å²) in [5.41, 5.74) is 0.504. The highest BCUT2D eigenvalue weighted by molar-refractivity contribution is 5.89. The molecular weight excluding hydrogens is 194 g/mol. The smallest absolute Gasteiger partial charge is 0.339 e. The minimum atomic E-state index is -0.296. The molecule has 0 spiro atoms. The zero-order valence-electron chi connectivity index (χ0n) is 8.39. The molecule has 1 aromatic rings. The molecule has 4 heteroatoms. The molecule has 1 aliphatic rings. The van der Waals surface area contributed by atoms with Gasteiger partial charge in [0.15, 0.2) is 0 Å². The summed E-state index contributed by atoms with van der Waals surface area (Å²) in [4.78, 5) is 15.5. The third kappa shape index (κ3) is 2.76. The fourth-order valence-corrected chi connectivity index (χ4v) is 1.50. The first-order valence-corrected chi connectivity index (χ1v) is 5.05. The molecule has 0 amide bonds. The summed E-state index contributed by atoms with van der Waals surface area (Å²) >= 11 is 0. The molecule has 15 heavy (non-hydrogen) atoms. The quantitative estimate of drug-likeness (QED) is 0.688. The van der Waals surface area contributed by atoms with E-state index in [1.807, 2.05) is 0 Å². The van der Waals surface area contributed by atoms with Crippen molar-refractivity contribution in [3.8, 4) is 0 Å². The molecule has 0 saturated carbocycles. The van der Waals surface area contributed by atoms with E-state index in [1.54, 1.807) is 18.3 Å². The van der Waals surface area contributed by atoms with Crippen molar-refractivity contribution in [2.24, 2.45) is 0 Å². The molecule has 2 rings (SSSR count). The highest BCUT2D eigenvalue weighted by atomic mass is 16.6. The van der Waals surface area contributed by atoms with Crippen LogP contribution in [0.25, 0.3) is 0 Å². The second kappa shape index (κ2) is 4.89. The molecular formula is C11H13NO3. The monoisotopic (exact) mass is 207 g/mol. The van der Waals surface area contributed by atoms with Crippen molar-refractivity contribution in [3.05, 3.63) is 30.1 Å². The molecule has 1 saturated heterocycles. The van der Waals surface area contributed by atoms with Gasteiger partial charge in [-0.15, -0.1) is 0 Å². The van der Waals surface area contributed by atoms with Crippen LogP contribution < -0.4 is 0 Å². The van der Waals surface area contributed by atoms with Gasteiger partial charge in [0, 0.05) is 25.2 Å². The van der Waals surface area contributed by atoms with Crippen LogP contribution in [0.2, 0.25) is 0 Å². The van der Waals surface area contributed by atoms with E-state index < -0.39 is 0 Å². The highest BCUT2D eigenvalue weighted by Gasteiger charge is 2.18. The van der Waals surface area contributed by atoms with E-state index in [0.717, 1.165) is 12.8 Å². The number of ether oxygens (including phenoxy) is 2. The summed E-state index contributed by atoms with van der Waals surface area (Å²) in [5, 5.41) is 0. The minimum absolute atomic E-state index is 0.00791. The molecule has 0 unspecified atom stereocenters. The number of carbonyl (C=O) groups is 1. The van der Waals surface area contributed by atoms with E-state index in [4.69, 9.17) is 9.47 Å². The number of pyridine rings is 1. The third-order valence-electron chi connectivity index (χ3n) is 2.34. The van der Waals surface area contributed by atoms with Crippen LogP contribution in [-0.4, -0.2) is 30.3 Å². The summed E-state index contributed by atoms with van der Waals surface area (Å²) in [7, 11) is 0. The molecule has 4 nitrogen and oxygen atoms in total. The minimum Gasteiger partial charge on any atom is -0.459 e. The van der Waals surface area contributed by atoms with Gasteiger partial charge in [-0.3, -0.25) is 4.98 Å². The number of esters is 1. The van der Waals surface area contributed by atoms with Crippen molar-refractivity contribution in [1.82, 2.24) is 4.98 Å². The summed E-state index contributed by atoms with van der Waals surface area (Å²) in [5.74, 6) is -0.296. The number of rotatable bonds is 2. The topological polar surface area (TPSA) is 48.4 Å². The zero-order valence-corrected chi connectivity index (χ0v) is 8.39. The Morgan fingerprint density at radius 1 is 1.47 bits per heavy atom. The van der Waals surface area contributed by atoms with Gasteiger partial charge in [0.25, 0.3) is 0 Å². The predicted molar refractivity (Wildman–Crippen MR) is 53.5 cm³/mol. The largest absolute Gasteiger partial charge is 0.459 e. The first-order valence-electron chi connectivity index (χ1n) is 5.05. The summed E-state index contributed by atoms with van der Waals surface area (Å²) < 4.78 is 10.5. The van der Waals surface area contributed by atoms with E-state index in [9.17, 15) is 4.79 Å². The molecule has 1 fully saturated rings. The Morgan fingerprint density at radius 2 is 2.27 bits per heavy atom. The summed E-state index contributed by atoms with van der Waals surface area (Å²) in [6.45, 7) is 1.34.